The van der Waals surface area contributed by atoms with E-state index in [0.717, 1.165) is 11.8 Å². The van der Waals surface area contributed by atoms with Crippen LogP contribution in [0.2, 0.25) is 0 Å². The van der Waals surface area contributed by atoms with Crippen molar-refractivity contribution in [2.24, 2.45) is 0 Å². The van der Waals surface area contributed by atoms with E-state index in [1.165, 1.54) is 0 Å². The molecular weight excluding hydrogens is 300 g/mol. The Morgan fingerprint density at radius 2 is 1.64 bits per heavy atom. The number of hydrogen-bond acceptors (Lipinski definition) is 3. The largest absolute Gasteiger partial charge is 0.337 e. The third-order valence-corrected chi connectivity index (χ3v) is 3.65. The summed E-state index contributed by atoms with van der Waals surface area (Å²) in [5.41, 5.74) is 1.62. The van der Waals surface area contributed by atoms with Crippen molar-refractivity contribution < 1.29 is 13.2 Å². The van der Waals surface area contributed by atoms with Crippen molar-refractivity contribution in [1.82, 2.24) is 4.90 Å². The van der Waals surface area contributed by atoms with Gasteiger partial charge in [-0.1, -0.05) is 42.5 Å². The summed E-state index contributed by atoms with van der Waals surface area (Å²) in [6, 6.07) is 16.2. The van der Waals surface area contributed by atoms with Crippen LogP contribution in [0.15, 0.2) is 54.6 Å². The van der Waals surface area contributed by atoms with Crippen LogP contribution >= 0.6 is 0 Å². The van der Waals surface area contributed by atoms with E-state index in [0.29, 0.717) is 12.1 Å². The van der Waals surface area contributed by atoms with E-state index < -0.39 is 10.0 Å². The highest BCUT2D eigenvalue weighted by atomic mass is 32.2. The fourth-order valence-electron chi connectivity index (χ4n) is 2.09. The Kier molecular flexibility index (Phi) is 4.82. The number of para-hydroxylation sites is 1. The van der Waals surface area contributed by atoms with Gasteiger partial charge < -0.3 is 4.90 Å². The number of carbonyl (C=O) groups is 1. The molecule has 6 heteroatoms. The van der Waals surface area contributed by atoms with E-state index in [4.69, 9.17) is 0 Å². The molecule has 0 aliphatic rings. The number of hydrogen-bond donors (Lipinski definition) is 1. The number of nitrogens with one attached hydrogen (secondary N) is 1. The number of nitrogens with zero attached hydrogens (tertiary/aromatic N) is 1. The topological polar surface area (TPSA) is 66.5 Å². The molecule has 0 saturated carbocycles. The molecule has 2 rings (SSSR count). The average Bonchev–Trinajstić information content (AvgIpc) is 2.46. The minimum absolute atomic E-state index is 0.240. The van der Waals surface area contributed by atoms with Crippen molar-refractivity contribution in [3.05, 3.63) is 65.7 Å². The van der Waals surface area contributed by atoms with Crippen LogP contribution in [-0.4, -0.2) is 32.5 Å². The highest BCUT2D eigenvalue weighted by Crippen LogP contribution is 2.18. The SMILES string of the molecule is CN(Cc1ccccc1)C(=O)c1ccccc1NS(C)(=O)=O. The summed E-state index contributed by atoms with van der Waals surface area (Å²) >= 11 is 0. The van der Waals surface area contributed by atoms with Gasteiger partial charge in [0, 0.05) is 13.6 Å². The molecule has 0 spiro atoms. The van der Waals surface area contributed by atoms with Gasteiger partial charge in [-0.2, -0.15) is 0 Å². The summed E-state index contributed by atoms with van der Waals surface area (Å²) in [7, 11) is -1.75. The molecule has 0 heterocycles. The molecule has 0 bridgehead atoms. The molecule has 2 aromatic carbocycles. The molecule has 0 saturated heterocycles. The monoisotopic (exact) mass is 318 g/mol. The van der Waals surface area contributed by atoms with E-state index in [1.54, 1.807) is 36.2 Å². The molecule has 0 fully saturated rings. The molecule has 1 N–H and O–H groups in total. The molecule has 0 aliphatic heterocycles. The maximum Gasteiger partial charge on any atom is 0.256 e. The Bertz CT molecular complexity index is 758. The Labute approximate surface area is 130 Å². The van der Waals surface area contributed by atoms with Gasteiger partial charge in [0.2, 0.25) is 10.0 Å². The normalized spacial score (nSPS) is 11.0. The molecule has 0 atom stereocenters. The summed E-state index contributed by atoms with van der Waals surface area (Å²) in [5, 5.41) is 0. The first-order valence-corrected chi connectivity index (χ1v) is 8.62. The van der Waals surface area contributed by atoms with Crippen molar-refractivity contribution in [1.29, 1.82) is 0 Å². The Morgan fingerprint density at radius 3 is 2.27 bits per heavy atom. The van der Waals surface area contributed by atoms with Crippen molar-refractivity contribution in [3.8, 4) is 0 Å². The lowest BCUT2D eigenvalue weighted by atomic mass is 10.1. The highest BCUT2D eigenvalue weighted by Gasteiger charge is 2.17. The third kappa shape index (κ3) is 4.33. The second-order valence-corrected chi connectivity index (χ2v) is 6.82. The second-order valence-electron chi connectivity index (χ2n) is 5.07. The quantitative estimate of drug-likeness (QED) is 0.920. The molecule has 0 aromatic heterocycles. The summed E-state index contributed by atoms with van der Waals surface area (Å²) in [6.07, 6.45) is 1.06. The zero-order chi connectivity index (χ0) is 16.2. The lowest BCUT2D eigenvalue weighted by molar-refractivity contribution is 0.0786. The number of anilines is 1. The first-order chi connectivity index (χ1) is 10.4. The predicted molar refractivity (Wildman–Crippen MR) is 87.1 cm³/mol. The summed E-state index contributed by atoms with van der Waals surface area (Å²) < 4.78 is 25.2. The van der Waals surface area contributed by atoms with E-state index in [1.807, 2.05) is 30.3 Å². The third-order valence-electron chi connectivity index (χ3n) is 3.06. The molecule has 1 amide bonds. The Hall–Kier alpha value is -2.34. The zero-order valence-corrected chi connectivity index (χ0v) is 13.3. The lowest BCUT2D eigenvalue weighted by Crippen LogP contribution is -2.27. The van der Waals surface area contributed by atoms with E-state index in [2.05, 4.69) is 4.72 Å². The van der Waals surface area contributed by atoms with Gasteiger partial charge in [-0.25, -0.2) is 8.42 Å². The average molecular weight is 318 g/mol. The fourth-order valence-corrected chi connectivity index (χ4v) is 2.67. The van der Waals surface area contributed by atoms with E-state index >= 15 is 0 Å². The first kappa shape index (κ1) is 16.0. The van der Waals surface area contributed by atoms with Gasteiger partial charge in [0.05, 0.1) is 17.5 Å². The second kappa shape index (κ2) is 6.62. The van der Waals surface area contributed by atoms with Gasteiger partial charge >= 0.3 is 0 Å². The maximum absolute atomic E-state index is 12.5. The molecule has 0 radical (unpaired) electrons. The summed E-state index contributed by atoms with van der Waals surface area (Å²) in [6.45, 7) is 0.451. The summed E-state index contributed by atoms with van der Waals surface area (Å²) in [5.74, 6) is -0.240. The lowest BCUT2D eigenvalue weighted by Gasteiger charge is -2.19. The number of carbonyl (C=O) groups excluding carboxylic acids is 1. The smallest absolute Gasteiger partial charge is 0.256 e. The number of benzene rings is 2. The highest BCUT2D eigenvalue weighted by molar-refractivity contribution is 7.92. The van der Waals surface area contributed by atoms with Gasteiger partial charge in [-0.3, -0.25) is 9.52 Å². The van der Waals surface area contributed by atoms with Gasteiger partial charge in [0.1, 0.15) is 0 Å². The Morgan fingerprint density at radius 1 is 1.05 bits per heavy atom. The molecule has 0 aliphatic carbocycles. The van der Waals surface area contributed by atoms with Gasteiger partial charge in [-0.15, -0.1) is 0 Å². The van der Waals surface area contributed by atoms with Crippen LogP contribution in [0.1, 0.15) is 15.9 Å². The number of rotatable bonds is 5. The van der Waals surface area contributed by atoms with Crippen LogP contribution in [0.25, 0.3) is 0 Å². The molecule has 5 nitrogen and oxygen atoms in total. The van der Waals surface area contributed by atoms with Crippen LogP contribution in [0.5, 0.6) is 0 Å². The van der Waals surface area contributed by atoms with Crippen LogP contribution in [0.4, 0.5) is 5.69 Å². The fraction of sp³-hybridized carbons (Fsp3) is 0.188. The van der Waals surface area contributed by atoms with Crippen LogP contribution in [0, 0.1) is 0 Å². The molecule has 0 unspecified atom stereocenters. The minimum Gasteiger partial charge on any atom is -0.337 e. The minimum atomic E-state index is -3.44. The number of amides is 1. The predicted octanol–water partition coefficient (Wildman–Crippen LogP) is 2.33. The molecule has 2 aromatic rings. The van der Waals surface area contributed by atoms with Crippen LogP contribution in [-0.2, 0) is 16.6 Å². The van der Waals surface area contributed by atoms with Gasteiger partial charge in [0.15, 0.2) is 0 Å². The maximum atomic E-state index is 12.5. The van der Waals surface area contributed by atoms with Gasteiger partial charge in [0.25, 0.3) is 5.91 Å². The van der Waals surface area contributed by atoms with Crippen molar-refractivity contribution in [2.45, 2.75) is 6.54 Å². The molecular formula is C16H18N2O3S. The summed E-state index contributed by atoms with van der Waals surface area (Å²) in [4.78, 5) is 14.1. The van der Waals surface area contributed by atoms with Crippen LogP contribution in [0.3, 0.4) is 0 Å². The van der Waals surface area contributed by atoms with Crippen molar-refractivity contribution >= 4 is 21.6 Å². The van der Waals surface area contributed by atoms with Crippen molar-refractivity contribution in [3.63, 3.8) is 0 Å². The van der Waals surface area contributed by atoms with E-state index in [9.17, 15) is 13.2 Å². The zero-order valence-electron chi connectivity index (χ0n) is 12.5. The van der Waals surface area contributed by atoms with Gasteiger partial charge in [-0.05, 0) is 17.7 Å². The molecule has 116 valence electrons. The van der Waals surface area contributed by atoms with Crippen LogP contribution < -0.4 is 4.72 Å². The van der Waals surface area contributed by atoms with E-state index in [-0.39, 0.29) is 11.6 Å². The Balaban J connectivity index is 2.22. The molecule has 22 heavy (non-hydrogen) atoms. The standard InChI is InChI=1S/C16H18N2O3S/c1-18(12-13-8-4-3-5-9-13)16(19)14-10-6-7-11-15(14)17-22(2,20)21/h3-11,17H,12H2,1-2H3. The first-order valence-electron chi connectivity index (χ1n) is 6.73. The number of sulfonamides is 1. The van der Waals surface area contributed by atoms with Crippen molar-refractivity contribution in [2.75, 3.05) is 18.0 Å².